The average molecular weight is 720 g/mol. The number of carbonyl (C=O) groups is 6. The average Bonchev–Trinajstić information content (AvgIpc) is 3.08. The van der Waals surface area contributed by atoms with Gasteiger partial charge in [-0.1, -0.05) is 40.5 Å². The molecule has 1 saturated heterocycles. The van der Waals surface area contributed by atoms with Crippen molar-refractivity contribution in [3.05, 3.63) is 29.3 Å². The summed E-state index contributed by atoms with van der Waals surface area (Å²) in [6, 6.07) is 4.65. The maximum absolute atomic E-state index is 13.8. The Morgan fingerprint density at radius 3 is 1.22 bits per heavy atom. The molecule has 0 radical (unpaired) electrons. The summed E-state index contributed by atoms with van der Waals surface area (Å²) in [6.07, 6.45) is 1.76. The number of nitrogens with one attached hydrogen (secondary N) is 2. The first-order valence-corrected chi connectivity index (χ1v) is 17.6. The van der Waals surface area contributed by atoms with Crippen LogP contribution in [0.4, 0.5) is 5.69 Å². The van der Waals surface area contributed by atoms with E-state index in [-0.39, 0.29) is 119 Å². The summed E-state index contributed by atoms with van der Waals surface area (Å²) in [5, 5.41) is 34.2. The lowest BCUT2D eigenvalue weighted by Gasteiger charge is -2.33. The SMILES string of the molecule is CCC(C)CNC(=O)c1cc(C(=O)NCC(C)CC)cc(N(C)C(=O)CN2CCN(CC(=O)O)CCN(CC(=O)O)CCN(CC(=O)O)CC2)c1. The number of carbonyl (C=O) groups excluding carboxylic acids is 3. The molecule has 0 aromatic heterocycles. The van der Waals surface area contributed by atoms with Gasteiger partial charge in [-0.3, -0.25) is 48.4 Å². The third-order valence-electron chi connectivity index (χ3n) is 9.18. The second-order valence-electron chi connectivity index (χ2n) is 13.5. The van der Waals surface area contributed by atoms with Crippen LogP contribution in [0, 0.1) is 11.8 Å². The van der Waals surface area contributed by atoms with E-state index in [1.54, 1.807) is 33.9 Å². The Morgan fingerprint density at radius 1 is 0.608 bits per heavy atom. The lowest BCUT2D eigenvalue weighted by atomic mass is 10.1. The number of hydrogen-bond donors (Lipinski definition) is 5. The van der Waals surface area contributed by atoms with E-state index in [0.29, 0.717) is 18.8 Å². The Kier molecular flexibility index (Phi) is 18.5. The molecule has 16 heteroatoms. The quantitative estimate of drug-likeness (QED) is 0.151. The number of carboxylic acid groups (broad SMARTS) is 3. The van der Waals surface area contributed by atoms with Crippen LogP contribution in [-0.2, 0) is 19.2 Å². The summed E-state index contributed by atoms with van der Waals surface area (Å²) in [4.78, 5) is 83.2. The molecule has 1 aliphatic rings. The van der Waals surface area contributed by atoms with E-state index in [1.165, 1.54) is 11.0 Å². The zero-order valence-corrected chi connectivity index (χ0v) is 30.7. The minimum absolute atomic E-state index is 0.108. The van der Waals surface area contributed by atoms with Gasteiger partial charge in [0.25, 0.3) is 11.8 Å². The van der Waals surface area contributed by atoms with E-state index >= 15 is 0 Å². The van der Waals surface area contributed by atoms with Gasteiger partial charge in [0.2, 0.25) is 5.91 Å². The van der Waals surface area contributed by atoms with Crippen LogP contribution in [0.1, 0.15) is 61.3 Å². The number of carboxylic acids is 3. The molecule has 0 saturated carbocycles. The zero-order chi connectivity index (χ0) is 38.1. The standard InChI is InChI=1S/C35H57N7O9/c1-6-25(3)19-36-34(50)27-16-28(35(51)37-20-26(4)7-2)18-29(17-27)38(5)30(43)21-39-8-10-40(22-31(44)45)12-14-42(24-33(48)49)15-13-41(11-9-39)23-32(46)47/h16-18,25-26H,6-15,19-24H2,1-5H3,(H,36,50)(H,37,51)(H,44,45)(H,46,47)(H,48,49). The summed E-state index contributed by atoms with van der Waals surface area (Å²) in [6.45, 7) is 10.2. The number of rotatable bonds is 17. The topological polar surface area (TPSA) is 203 Å². The molecule has 16 nitrogen and oxygen atoms in total. The smallest absolute Gasteiger partial charge is 0.317 e. The van der Waals surface area contributed by atoms with Gasteiger partial charge in [0, 0.05) is 89.3 Å². The van der Waals surface area contributed by atoms with E-state index in [2.05, 4.69) is 10.6 Å². The molecule has 1 heterocycles. The fourth-order valence-corrected chi connectivity index (χ4v) is 5.32. The number of aliphatic carboxylic acids is 3. The summed E-state index contributed by atoms with van der Waals surface area (Å²) < 4.78 is 0. The minimum Gasteiger partial charge on any atom is -0.480 e. The number of likely N-dealkylation sites (N-methyl/N-ethyl adjacent to an activating group) is 1. The van der Waals surface area contributed by atoms with Crippen molar-refractivity contribution in [2.75, 3.05) is 104 Å². The van der Waals surface area contributed by atoms with Gasteiger partial charge < -0.3 is 30.9 Å². The zero-order valence-electron chi connectivity index (χ0n) is 30.7. The number of benzene rings is 1. The molecule has 1 aromatic carbocycles. The van der Waals surface area contributed by atoms with Crippen LogP contribution >= 0.6 is 0 Å². The minimum atomic E-state index is -1.04. The highest BCUT2D eigenvalue weighted by Gasteiger charge is 2.24. The Labute approximate surface area is 300 Å². The van der Waals surface area contributed by atoms with Crippen molar-refractivity contribution in [2.24, 2.45) is 11.8 Å². The number of hydrogen-bond acceptors (Lipinski definition) is 10. The molecule has 2 unspecified atom stereocenters. The van der Waals surface area contributed by atoms with Crippen LogP contribution in [0.5, 0.6) is 0 Å². The summed E-state index contributed by atoms with van der Waals surface area (Å²) in [5.74, 6) is -3.71. The second kappa shape index (κ2) is 22.0. The third-order valence-corrected chi connectivity index (χ3v) is 9.18. The lowest BCUT2D eigenvalue weighted by Crippen LogP contribution is -2.50. The van der Waals surface area contributed by atoms with Crippen LogP contribution in [0.15, 0.2) is 18.2 Å². The molecule has 0 aliphatic carbocycles. The van der Waals surface area contributed by atoms with Crippen LogP contribution in [0.25, 0.3) is 0 Å². The highest BCUT2D eigenvalue weighted by Crippen LogP contribution is 2.20. The van der Waals surface area contributed by atoms with Crippen molar-refractivity contribution in [2.45, 2.75) is 40.5 Å². The first kappa shape index (κ1) is 43.0. The fraction of sp³-hybridized carbons (Fsp3) is 0.657. The molecule has 0 bridgehead atoms. The first-order valence-electron chi connectivity index (χ1n) is 17.6. The van der Waals surface area contributed by atoms with Gasteiger partial charge in [0.15, 0.2) is 0 Å². The number of anilines is 1. The fourth-order valence-electron chi connectivity index (χ4n) is 5.32. The maximum Gasteiger partial charge on any atom is 0.317 e. The monoisotopic (exact) mass is 719 g/mol. The van der Waals surface area contributed by atoms with Crippen molar-refractivity contribution in [1.82, 2.24) is 30.2 Å². The summed E-state index contributed by atoms with van der Waals surface area (Å²) in [5.41, 5.74) is 0.819. The van der Waals surface area contributed by atoms with Crippen LogP contribution in [0.2, 0.25) is 0 Å². The van der Waals surface area contributed by atoms with E-state index in [4.69, 9.17) is 0 Å². The molecule has 0 spiro atoms. The van der Waals surface area contributed by atoms with Crippen molar-refractivity contribution in [3.63, 3.8) is 0 Å². The molecule has 286 valence electrons. The molecule has 1 aliphatic heterocycles. The summed E-state index contributed by atoms with van der Waals surface area (Å²) >= 11 is 0. The molecular weight excluding hydrogens is 662 g/mol. The number of amides is 3. The maximum atomic E-state index is 13.8. The molecular formula is C35H57N7O9. The van der Waals surface area contributed by atoms with E-state index in [1.807, 2.05) is 32.6 Å². The van der Waals surface area contributed by atoms with E-state index < -0.39 is 17.9 Å². The van der Waals surface area contributed by atoms with Crippen LogP contribution in [0.3, 0.4) is 0 Å². The third kappa shape index (κ3) is 16.2. The lowest BCUT2D eigenvalue weighted by molar-refractivity contribution is -0.140. The molecule has 3 amide bonds. The Balaban J connectivity index is 2.36. The second-order valence-corrected chi connectivity index (χ2v) is 13.5. The Hall–Kier alpha value is -4.12. The summed E-state index contributed by atoms with van der Waals surface area (Å²) in [7, 11) is 1.56. The van der Waals surface area contributed by atoms with Gasteiger partial charge in [-0.25, -0.2) is 0 Å². The Bertz CT molecular complexity index is 1270. The van der Waals surface area contributed by atoms with Gasteiger partial charge in [-0.2, -0.15) is 0 Å². The predicted octanol–water partition coefficient (Wildman–Crippen LogP) is 0.677. The van der Waals surface area contributed by atoms with Crippen molar-refractivity contribution < 1.29 is 44.1 Å². The largest absolute Gasteiger partial charge is 0.480 e. The van der Waals surface area contributed by atoms with Gasteiger partial charge in [0.05, 0.1) is 26.2 Å². The molecule has 51 heavy (non-hydrogen) atoms. The molecule has 1 fully saturated rings. The van der Waals surface area contributed by atoms with E-state index in [0.717, 1.165) is 12.8 Å². The molecule has 2 rings (SSSR count). The van der Waals surface area contributed by atoms with Crippen molar-refractivity contribution >= 4 is 41.3 Å². The van der Waals surface area contributed by atoms with Crippen molar-refractivity contribution in [3.8, 4) is 0 Å². The van der Waals surface area contributed by atoms with Gasteiger partial charge in [-0.05, 0) is 30.0 Å². The van der Waals surface area contributed by atoms with Crippen LogP contribution in [-0.4, -0.2) is 169 Å². The van der Waals surface area contributed by atoms with E-state index in [9.17, 15) is 44.1 Å². The van der Waals surface area contributed by atoms with Gasteiger partial charge >= 0.3 is 17.9 Å². The van der Waals surface area contributed by atoms with Crippen LogP contribution < -0.4 is 15.5 Å². The molecule has 5 N–H and O–H groups in total. The van der Waals surface area contributed by atoms with Gasteiger partial charge in [-0.15, -0.1) is 0 Å². The molecule has 1 aromatic rings. The number of nitrogens with zero attached hydrogens (tertiary/aromatic N) is 5. The Morgan fingerprint density at radius 2 is 0.922 bits per heavy atom. The first-order chi connectivity index (χ1) is 24.1. The molecule has 2 atom stereocenters. The highest BCUT2D eigenvalue weighted by atomic mass is 16.4. The van der Waals surface area contributed by atoms with Crippen molar-refractivity contribution in [1.29, 1.82) is 0 Å². The highest BCUT2D eigenvalue weighted by molar-refractivity contribution is 6.03. The normalized spacial score (nSPS) is 17.0. The van der Waals surface area contributed by atoms with Gasteiger partial charge in [0.1, 0.15) is 0 Å². The predicted molar refractivity (Wildman–Crippen MR) is 192 cm³/mol.